The molecule has 0 bridgehead atoms. The van der Waals surface area contributed by atoms with Crippen LogP contribution in [0.3, 0.4) is 0 Å². The fraction of sp³-hybridized carbons (Fsp3) is 0.452. The first-order valence-electron chi connectivity index (χ1n) is 14.5. The van der Waals surface area contributed by atoms with Crippen LogP contribution in [0.4, 0.5) is 23.1 Å². The second kappa shape index (κ2) is 11.9. The number of para-hydroxylation sites is 1. The first-order valence-corrected chi connectivity index (χ1v) is 16.0. The topological polar surface area (TPSA) is 114 Å². The van der Waals surface area contributed by atoms with E-state index in [1.165, 1.54) is 11.1 Å². The zero-order valence-corrected chi connectivity index (χ0v) is 26.3. The number of anilines is 4. The monoisotopic (exact) mass is 591 g/mol. The second-order valence-corrected chi connectivity index (χ2v) is 14.2. The van der Waals surface area contributed by atoms with Crippen LogP contribution in [-0.2, 0) is 16.9 Å². The molecule has 11 heteroatoms. The molecule has 0 amide bonds. The molecule has 5 rings (SSSR count). The summed E-state index contributed by atoms with van der Waals surface area (Å²) in [4.78, 5) is 12.1. The number of ether oxygens (including phenoxy) is 1. The third-order valence-corrected chi connectivity index (χ3v) is 10.0. The third kappa shape index (κ3) is 6.07. The van der Waals surface area contributed by atoms with Crippen molar-refractivity contribution in [3.05, 3.63) is 53.7 Å². The number of likely N-dealkylation sites (tertiary alicyclic amines) is 1. The molecule has 2 aromatic heterocycles. The molecule has 0 spiro atoms. The normalized spacial score (nSPS) is 15.1. The van der Waals surface area contributed by atoms with Crippen molar-refractivity contribution < 1.29 is 13.2 Å². The van der Waals surface area contributed by atoms with Gasteiger partial charge in [-0.15, -0.1) is 0 Å². The maximum Gasteiger partial charge on any atom is 0.230 e. The van der Waals surface area contributed by atoms with Gasteiger partial charge in [-0.1, -0.05) is 12.1 Å². The summed E-state index contributed by atoms with van der Waals surface area (Å²) in [6.45, 7) is 11.7. The first kappa shape index (κ1) is 29.8. The summed E-state index contributed by atoms with van der Waals surface area (Å²) in [5.74, 6) is 2.04. The molecule has 3 heterocycles. The zero-order valence-electron chi connectivity index (χ0n) is 25.5. The number of sulfone groups is 1. The van der Waals surface area contributed by atoms with Gasteiger partial charge in [0.15, 0.2) is 15.7 Å². The Balaban J connectivity index is 1.55. The molecular weight excluding hydrogens is 550 g/mol. The Labute approximate surface area is 248 Å². The standard InChI is InChI=1S/C31H41N7O3S/c1-19(2)41-27-17-23(22-12-14-37(6)15-13-22)21(5)16-25(27)34-31-35-26-18-32-38(7)29(26)30(36-31)33-24-10-8-9-11-28(24)42(39,40)20(3)4/h8-11,16-20,22H,12-15H2,1-7H3,(H2,33,34,35,36). The van der Waals surface area contributed by atoms with Crippen molar-refractivity contribution in [2.45, 2.75) is 69.6 Å². The van der Waals surface area contributed by atoms with Gasteiger partial charge in [0.2, 0.25) is 5.95 Å². The van der Waals surface area contributed by atoms with E-state index < -0.39 is 15.1 Å². The van der Waals surface area contributed by atoms with Crippen molar-refractivity contribution >= 4 is 44.0 Å². The highest BCUT2D eigenvalue weighted by Crippen LogP contribution is 2.38. The first-order chi connectivity index (χ1) is 19.9. The van der Waals surface area contributed by atoms with Gasteiger partial charge >= 0.3 is 0 Å². The van der Waals surface area contributed by atoms with Gasteiger partial charge in [0, 0.05) is 7.05 Å². The van der Waals surface area contributed by atoms with Gasteiger partial charge in [-0.3, -0.25) is 4.68 Å². The van der Waals surface area contributed by atoms with Gasteiger partial charge in [-0.2, -0.15) is 10.1 Å². The van der Waals surface area contributed by atoms with Crippen LogP contribution in [0.2, 0.25) is 0 Å². The fourth-order valence-corrected chi connectivity index (χ4v) is 6.66. The minimum absolute atomic E-state index is 0.0167. The molecule has 10 nitrogen and oxygen atoms in total. The van der Waals surface area contributed by atoms with Crippen LogP contribution < -0.4 is 15.4 Å². The highest BCUT2D eigenvalue weighted by atomic mass is 32.2. The van der Waals surface area contributed by atoms with E-state index in [9.17, 15) is 8.42 Å². The quantitative estimate of drug-likeness (QED) is 0.244. The summed E-state index contributed by atoms with van der Waals surface area (Å²) >= 11 is 0. The number of hydrogen-bond acceptors (Lipinski definition) is 9. The lowest BCUT2D eigenvalue weighted by Gasteiger charge is -2.30. The summed E-state index contributed by atoms with van der Waals surface area (Å²) in [7, 11) is 0.442. The molecule has 4 aromatic rings. The summed E-state index contributed by atoms with van der Waals surface area (Å²) in [5, 5.41) is 10.5. The van der Waals surface area contributed by atoms with E-state index in [1.54, 1.807) is 56.0 Å². The van der Waals surface area contributed by atoms with Crippen LogP contribution in [0, 0.1) is 6.92 Å². The molecule has 2 N–H and O–H groups in total. The highest BCUT2D eigenvalue weighted by molar-refractivity contribution is 7.92. The van der Waals surface area contributed by atoms with Crippen LogP contribution in [0.15, 0.2) is 47.5 Å². The van der Waals surface area contributed by atoms with Crippen LogP contribution in [0.5, 0.6) is 5.75 Å². The summed E-state index contributed by atoms with van der Waals surface area (Å²) in [6.07, 6.45) is 3.89. The van der Waals surface area contributed by atoms with Crippen LogP contribution in [0.25, 0.3) is 11.0 Å². The zero-order chi connectivity index (χ0) is 30.2. The van der Waals surface area contributed by atoms with Crippen molar-refractivity contribution in [2.75, 3.05) is 30.8 Å². The minimum Gasteiger partial charge on any atom is -0.489 e. The predicted molar refractivity (Wildman–Crippen MR) is 168 cm³/mol. The Bertz CT molecular complexity index is 1690. The molecule has 224 valence electrons. The lowest BCUT2D eigenvalue weighted by molar-refractivity contribution is 0.241. The smallest absolute Gasteiger partial charge is 0.230 e. The Morgan fingerprint density at radius 2 is 1.69 bits per heavy atom. The van der Waals surface area contributed by atoms with Crippen molar-refractivity contribution in [1.82, 2.24) is 24.6 Å². The number of rotatable bonds is 9. The second-order valence-electron chi connectivity index (χ2n) is 11.7. The lowest BCUT2D eigenvalue weighted by Crippen LogP contribution is -2.29. The molecule has 0 radical (unpaired) electrons. The maximum absolute atomic E-state index is 13.1. The maximum atomic E-state index is 13.1. The molecule has 1 fully saturated rings. The summed E-state index contributed by atoms with van der Waals surface area (Å²) in [6, 6.07) is 11.2. The summed E-state index contributed by atoms with van der Waals surface area (Å²) in [5.41, 5.74) is 5.00. The molecule has 2 aromatic carbocycles. The SMILES string of the molecule is Cc1cc(Nc2nc(Nc3ccccc3S(=O)(=O)C(C)C)c3c(cnn3C)n2)c(OC(C)C)cc1C1CCN(C)CC1. The molecule has 0 aliphatic carbocycles. The fourth-order valence-electron chi connectivity index (χ4n) is 5.46. The van der Waals surface area contributed by atoms with E-state index in [-0.39, 0.29) is 11.0 Å². The van der Waals surface area contributed by atoms with Crippen molar-refractivity contribution in [1.29, 1.82) is 0 Å². The number of aryl methyl sites for hydroxylation is 2. The average molecular weight is 592 g/mol. The number of fused-ring (bicyclic) bond motifs is 1. The lowest BCUT2D eigenvalue weighted by atomic mass is 9.86. The van der Waals surface area contributed by atoms with E-state index >= 15 is 0 Å². The largest absolute Gasteiger partial charge is 0.489 e. The predicted octanol–water partition coefficient (Wildman–Crippen LogP) is 5.94. The van der Waals surface area contributed by atoms with Gasteiger partial charge in [-0.25, -0.2) is 13.4 Å². The minimum atomic E-state index is -3.54. The van der Waals surface area contributed by atoms with Gasteiger partial charge in [0.05, 0.1) is 33.8 Å². The van der Waals surface area contributed by atoms with E-state index in [4.69, 9.17) is 14.7 Å². The Morgan fingerprint density at radius 1 is 0.976 bits per heavy atom. The van der Waals surface area contributed by atoms with E-state index in [0.717, 1.165) is 37.4 Å². The molecule has 0 atom stereocenters. The number of aromatic nitrogens is 4. The highest BCUT2D eigenvalue weighted by Gasteiger charge is 2.25. The molecule has 0 saturated carbocycles. The van der Waals surface area contributed by atoms with Crippen LogP contribution in [-0.4, -0.2) is 64.6 Å². The van der Waals surface area contributed by atoms with Gasteiger partial charge in [0.25, 0.3) is 0 Å². The van der Waals surface area contributed by atoms with Gasteiger partial charge in [0.1, 0.15) is 16.8 Å². The Morgan fingerprint density at radius 3 is 2.38 bits per heavy atom. The Hall–Kier alpha value is -3.70. The van der Waals surface area contributed by atoms with Crippen LogP contribution >= 0.6 is 0 Å². The molecule has 0 unspecified atom stereocenters. The molecular formula is C31H41N7O3S. The van der Waals surface area contributed by atoms with E-state index in [0.29, 0.717) is 34.4 Å². The Kier molecular flexibility index (Phi) is 8.43. The molecule has 1 aliphatic rings. The number of piperidine rings is 1. The molecule has 1 saturated heterocycles. The van der Waals surface area contributed by atoms with E-state index in [2.05, 4.69) is 46.7 Å². The number of nitrogens with one attached hydrogen (secondary N) is 2. The third-order valence-electron chi connectivity index (χ3n) is 7.79. The van der Waals surface area contributed by atoms with Crippen molar-refractivity contribution in [3.63, 3.8) is 0 Å². The van der Waals surface area contributed by atoms with E-state index in [1.807, 2.05) is 13.8 Å². The summed E-state index contributed by atoms with van der Waals surface area (Å²) < 4.78 is 34.2. The van der Waals surface area contributed by atoms with Crippen molar-refractivity contribution in [2.24, 2.45) is 7.05 Å². The van der Waals surface area contributed by atoms with Crippen LogP contribution in [0.1, 0.15) is 57.6 Å². The number of benzene rings is 2. The number of hydrogen-bond donors (Lipinski definition) is 2. The number of nitrogens with zero attached hydrogens (tertiary/aromatic N) is 5. The average Bonchev–Trinajstić information content (AvgIpc) is 3.31. The molecule has 1 aliphatic heterocycles. The van der Waals surface area contributed by atoms with Gasteiger partial charge in [-0.05, 0) is 109 Å². The van der Waals surface area contributed by atoms with Gasteiger partial charge < -0.3 is 20.3 Å². The molecule has 42 heavy (non-hydrogen) atoms. The van der Waals surface area contributed by atoms with Crippen molar-refractivity contribution in [3.8, 4) is 5.75 Å².